The number of hydrogen-bond donors (Lipinski definition) is 1. The number of aromatic nitrogens is 1. The summed E-state index contributed by atoms with van der Waals surface area (Å²) in [6, 6.07) is 3.86. The van der Waals surface area contributed by atoms with Crippen LogP contribution in [0.1, 0.15) is 37.0 Å². The molecule has 4 nitrogen and oxygen atoms in total. The molecule has 1 fully saturated rings. The number of anilines is 1. The van der Waals surface area contributed by atoms with E-state index in [1.165, 1.54) is 13.5 Å². The Morgan fingerprint density at radius 3 is 2.83 bits per heavy atom. The van der Waals surface area contributed by atoms with Gasteiger partial charge in [0.2, 0.25) is 0 Å². The fourth-order valence-corrected chi connectivity index (χ4v) is 2.51. The van der Waals surface area contributed by atoms with Crippen LogP contribution in [0, 0.1) is 11.8 Å². The standard InChI is InChI=1S/C14H20N2O2/c1-9-4-5-12(10(9)2)16-13-8-11(6-7-15-13)14(17)18-3/h6-10,12H,4-5H2,1-3H3,(H,15,16). The molecule has 0 spiro atoms. The second-order valence-electron chi connectivity index (χ2n) is 5.09. The summed E-state index contributed by atoms with van der Waals surface area (Å²) in [6.45, 7) is 4.55. The maximum atomic E-state index is 11.4. The molecule has 2 rings (SSSR count). The molecule has 18 heavy (non-hydrogen) atoms. The fraction of sp³-hybridized carbons (Fsp3) is 0.571. The van der Waals surface area contributed by atoms with E-state index in [-0.39, 0.29) is 5.97 Å². The zero-order valence-corrected chi connectivity index (χ0v) is 11.1. The van der Waals surface area contributed by atoms with Crippen LogP contribution in [0.25, 0.3) is 0 Å². The third-order valence-corrected chi connectivity index (χ3v) is 3.98. The van der Waals surface area contributed by atoms with E-state index in [1.54, 1.807) is 18.3 Å². The van der Waals surface area contributed by atoms with Gasteiger partial charge in [-0.25, -0.2) is 9.78 Å². The Morgan fingerprint density at radius 2 is 2.22 bits per heavy atom. The van der Waals surface area contributed by atoms with Crippen molar-refractivity contribution in [2.24, 2.45) is 11.8 Å². The molecule has 4 heteroatoms. The van der Waals surface area contributed by atoms with E-state index < -0.39 is 0 Å². The number of pyridine rings is 1. The number of hydrogen-bond acceptors (Lipinski definition) is 4. The Morgan fingerprint density at radius 1 is 1.44 bits per heavy atom. The van der Waals surface area contributed by atoms with Gasteiger partial charge in [-0.05, 0) is 36.8 Å². The second-order valence-corrected chi connectivity index (χ2v) is 5.09. The molecular weight excluding hydrogens is 228 g/mol. The van der Waals surface area contributed by atoms with Crippen molar-refractivity contribution in [1.29, 1.82) is 0 Å². The monoisotopic (exact) mass is 248 g/mol. The molecule has 1 aliphatic rings. The molecule has 98 valence electrons. The molecule has 0 aromatic carbocycles. The molecule has 1 aromatic rings. The summed E-state index contributed by atoms with van der Waals surface area (Å²) in [5.74, 6) is 1.80. The number of nitrogens with one attached hydrogen (secondary N) is 1. The van der Waals surface area contributed by atoms with E-state index in [0.717, 1.165) is 18.2 Å². The highest BCUT2D eigenvalue weighted by Crippen LogP contribution is 2.32. The first-order valence-electron chi connectivity index (χ1n) is 6.42. The Hall–Kier alpha value is -1.58. The predicted molar refractivity (Wildman–Crippen MR) is 70.5 cm³/mol. The number of ether oxygens (including phenoxy) is 1. The SMILES string of the molecule is COC(=O)c1ccnc(NC2CCC(C)C2C)c1. The summed E-state index contributed by atoms with van der Waals surface area (Å²) in [6.07, 6.45) is 4.04. The summed E-state index contributed by atoms with van der Waals surface area (Å²) in [4.78, 5) is 15.7. The van der Waals surface area contributed by atoms with Crippen molar-refractivity contribution in [2.75, 3.05) is 12.4 Å². The largest absolute Gasteiger partial charge is 0.465 e. The quantitative estimate of drug-likeness (QED) is 0.836. The second kappa shape index (κ2) is 5.38. The number of rotatable bonds is 3. The Balaban J connectivity index is 2.08. The molecule has 0 saturated heterocycles. The van der Waals surface area contributed by atoms with Crippen molar-refractivity contribution in [2.45, 2.75) is 32.7 Å². The maximum absolute atomic E-state index is 11.4. The molecule has 3 atom stereocenters. The molecule has 1 aliphatic carbocycles. The van der Waals surface area contributed by atoms with Gasteiger partial charge in [-0.2, -0.15) is 0 Å². The first-order chi connectivity index (χ1) is 8.61. The summed E-state index contributed by atoms with van der Waals surface area (Å²) in [5, 5.41) is 3.42. The average Bonchev–Trinajstić information content (AvgIpc) is 2.70. The number of carbonyl (C=O) groups is 1. The minimum atomic E-state index is -0.326. The van der Waals surface area contributed by atoms with Gasteiger partial charge in [0.1, 0.15) is 5.82 Å². The van der Waals surface area contributed by atoms with Crippen LogP contribution in [0.15, 0.2) is 18.3 Å². The predicted octanol–water partition coefficient (Wildman–Crippen LogP) is 2.71. The molecule has 1 N–H and O–H groups in total. The lowest BCUT2D eigenvalue weighted by molar-refractivity contribution is 0.0600. The van der Waals surface area contributed by atoms with E-state index in [9.17, 15) is 4.79 Å². The summed E-state index contributed by atoms with van der Waals surface area (Å²) in [5.41, 5.74) is 0.536. The first-order valence-corrected chi connectivity index (χ1v) is 6.42. The van der Waals surface area contributed by atoms with Gasteiger partial charge < -0.3 is 10.1 Å². The number of nitrogens with zero attached hydrogens (tertiary/aromatic N) is 1. The number of esters is 1. The molecule has 0 bridgehead atoms. The topological polar surface area (TPSA) is 51.2 Å². The van der Waals surface area contributed by atoms with Crippen molar-refractivity contribution >= 4 is 11.8 Å². The lowest BCUT2D eigenvalue weighted by atomic mass is 9.98. The Labute approximate surface area is 108 Å². The van der Waals surface area contributed by atoms with Gasteiger partial charge in [0.15, 0.2) is 0 Å². The molecule has 0 radical (unpaired) electrons. The van der Waals surface area contributed by atoms with Crippen molar-refractivity contribution in [3.8, 4) is 0 Å². The number of methoxy groups -OCH3 is 1. The highest BCUT2D eigenvalue weighted by Gasteiger charge is 2.29. The normalized spacial score (nSPS) is 26.9. The van der Waals surface area contributed by atoms with Crippen molar-refractivity contribution < 1.29 is 9.53 Å². The lowest BCUT2D eigenvalue weighted by Crippen LogP contribution is -2.24. The zero-order chi connectivity index (χ0) is 13.1. The molecule has 1 aromatic heterocycles. The maximum Gasteiger partial charge on any atom is 0.338 e. The van der Waals surface area contributed by atoms with Crippen molar-refractivity contribution in [3.05, 3.63) is 23.9 Å². The summed E-state index contributed by atoms with van der Waals surface area (Å²) >= 11 is 0. The molecule has 1 saturated carbocycles. The van der Waals surface area contributed by atoms with Gasteiger partial charge >= 0.3 is 5.97 Å². The van der Waals surface area contributed by atoms with Crippen molar-refractivity contribution in [3.63, 3.8) is 0 Å². The third kappa shape index (κ3) is 2.63. The van der Waals surface area contributed by atoms with Gasteiger partial charge in [0.05, 0.1) is 12.7 Å². The molecule has 1 heterocycles. The van der Waals surface area contributed by atoms with E-state index in [0.29, 0.717) is 17.5 Å². The minimum Gasteiger partial charge on any atom is -0.465 e. The van der Waals surface area contributed by atoms with Gasteiger partial charge in [-0.3, -0.25) is 0 Å². The zero-order valence-electron chi connectivity index (χ0n) is 11.1. The van der Waals surface area contributed by atoms with Crippen LogP contribution >= 0.6 is 0 Å². The van der Waals surface area contributed by atoms with Crippen LogP contribution in [0.4, 0.5) is 5.82 Å². The van der Waals surface area contributed by atoms with E-state index in [2.05, 4.69) is 24.1 Å². The Kier molecular flexibility index (Phi) is 3.84. The van der Waals surface area contributed by atoms with Crippen LogP contribution in [0.3, 0.4) is 0 Å². The number of carbonyl (C=O) groups excluding carboxylic acids is 1. The summed E-state index contributed by atoms with van der Waals surface area (Å²) < 4.78 is 4.70. The van der Waals surface area contributed by atoms with Crippen LogP contribution < -0.4 is 5.32 Å². The molecule has 3 unspecified atom stereocenters. The minimum absolute atomic E-state index is 0.326. The summed E-state index contributed by atoms with van der Waals surface area (Å²) in [7, 11) is 1.39. The Bertz CT molecular complexity index is 434. The van der Waals surface area contributed by atoms with E-state index >= 15 is 0 Å². The highest BCUT2D eigenvalue weighted by molar-refractivity contribution is 5.89. The fourth-order valence-electron chi connectivity index (χ4n) is 2.51. The lowest BCUT2D eigenvalue weighted by Gasteiger charge is -2.20. The molecule has 0 aliphatic heterocycles. The van der Waals surface area contributed by atoms with Gasteiger partial charge in [0, 0.05) is 12.2 Å². The van der Waals surface area contributed by atoms with Crippen LogP contribution in [-0.4, -0.2) is 24.1 Å². The highest BCUT2D eigenvalue weighted by atomic mass is 16.5. The van der Waals surface area contributed by atoms with Crippen LogP contribution in [0.5, 0.6) is 0 Å². The van der Waals surface area contributed by atoms with Crippen LogP contribution in [-0.2, 0) is 4.74 Å². The molecule has 0 amide bonds. The first kappa shape index (κ1) is 12.9. The van der Waals surface area contributed by atoms with E-state index in [1.807, 2.05) is 0 Å². The van der Waals surface area contributed by atoms with Gasteiger partial charge in [-0.1, -0.05) is 13.8 Å². The molecular formula is C14H20N2O2. The smallest absolute Gasteiger partial charge is 0.338 e. The van der Waals surface area contributed by atoms with Gasteiger partial charge in [-0.15, -0.1) is 0 Å². The van der Waals surface area contributed by atoms with E-state index in [4.69, 9.17) is 4.74 Å². The van der Waals surface area contributed by atoms with Crippen LogP contribution in [0.2, 0.25) is 0 Å². The van der Waals surface area contributed by atoms with Crippen molar-refractivity contribution in [1.82, 2.24) is 4.98 Å². The van der Waals surface area contributed by atoms with Gasteiger partial charge in [0.25, 0.3) is 0 Å². The average molecular weight is 248 g/mol. The third-order valence-electron chi connectivity index (χ3n) is 3.98.